The molecule has 6 heteroatoms. The first kappa shape index (κ1) is 27.0. The van der Waals surface area contributed by atoms with Crippen LogP contribution in [0.15, 0.2) is 0 Å². The maximum absolute atomic E-state index is 11.9. The molecular weight excluding hydrogens is 374 g/mol. The summed E-state index contributed by atoms with van der Waals surface area (Å²) in [7, 11) is 1.28. The van der Waals surface area contributed by atoms with Gasteiger partial charge in [-0.2, -0.15) is 0 Å². The number of hydrogen-bond donors (Lipinski definition) is 1. The second-order valence-corrected chi connectivity index (χ2v) is 8.53. The lowest BCUT2D eigenvalue weighted by Gasteiger charge is -2.14. The van der Waals surface area contributed by atoms with Gasteiger partial charge in [0.1, 0.15) is 6.04 Å². The zero-order valence-electron chi connectivity index (χ0n) is 18.2. The Morgan fingerprint density at radius 3 is 1.71 bits per heavy atom. The Morgan fingerprint density at radius 2 is 1.29 bits per heavy atom. The summed E-state index contributed by atoms with van der Waals surface area (Å²) in [5.41, 5.74) is 0. The summed E-state index contributed by atoms with van der Waals surface area (Å²) >= 11 is 1.10. The number of nitrogens with one attached hydrogen (secondary N) is 1. The highest BCUT2D eigenvalue weighted by atomic mass is 32.2. The standard InChI is InChI=1S/C22H41NO4S/c1-4-5-6-7-8-9-10-11-12-13-14-15-16-17-21(25)28-18-20(22(26)27-3)23-19(2)24/h20H,4-18H2,1-3H3,(H,23,24). The number of unbranched alkanes of at least 4 members (excludes halogenated alkanes) is 12. The smallest absolute Gasteiger partial charge is 0.329 e. The van der Waals surface area contributed by atoms with Crippen LogP contribution < -0.4 is 5.32 Å². The number of ether oxygens (including phenoxy) is 1. The second-order valence-electron chi connectivity index (χ2n) is 7.45. The maximum Gasteiger partial charge on any atom is 0.329 e. The Balaban J connectivity index is 3.54. The zero-order chi connectivity index (χ0) is 21.0. The van der Waals surface area contributed by atoms with Gasteiger partial charge in [0.15, 0.2) is 5.12 Å². The van der Waals surface area contributed by atoms with Crippen molar-refractivity contribution < 1.29 is 19.1 Å². The first-order valence-electron chi connectivity index (χ1n) is 11.0. The molecule has 0 saturated carbocycles. The summed E-state index contributed by atoms with van der Waals surface area (Å²) in [5.74, 6) is -0.597. The van der Waals surface area contributed by atoms with Crippen LogP contribution in [0.5, 0.6) is 0 Å². The molecule has 0 aliphatic rings. The number of methoxy groups -OCH3 is 1. The summed E-state index contributed by atoms with van der Waals surface area (Å²) < 4.78 is 4.65. The Bertz CT molecular complexity index is 429. The van der Waals surface area contributed by atoms with E-state index in [1.807, 2.05) is 0 Å². The number of rotatable bonds is 18. The van der Waals surface area contributed by atoms with Gasteiger partial charge in [0.05, 0.1) is 7.11 Å². The molecule has 164 valence electrons. The molecule has 0 aromatic heterocycles. The molecule has 1 unspecified atom stereocenters. The second kappa shape index (κ2) is 19.3. The van der Waals surface area contributed by atoms with Gasteiger partial charge in [-0.25, -0.2) is 4.79 Å². The van der Waals surface area contributed by atoms with E-state index in [0.29, 0.717) is 6.42 Å². The average molecular weight is 416 g/mol. The highest BCUT2D eigenvalue weighted by Gasteiger charge is 2.21. The quantitative estimate of drug-likeness (QED) is 0.239. The minimum absolute atomic E-state index is 0.0716. The number of amides is 1. The molecule has 0 heterocycles. The molecule has 0 rings (SSSR count). The number of thioether (sulfide) groups is 1. The van der Waals surface area contributed by atoms with Gasteiger partial charge in [-0.15, -0.1) is 0 Å². The molecule has 0 spiro atoms. The van der Waals surface area contributed by atoms with E-state index < -0.39 is 12.0 Å². The van der Waals surface area contributed by atoms with Gasteiger partial charge in [0.2, 0.25) is 5.91 Å². The van der Waals surface area contributed by atoms with Crippen molar-refractivity contribution in [3.63, 3.8) is 0 Å². The van der Waals surface area contributed by atoms with Crippen LogP contribution in [0.1, 0.15) is 104 Å². The first-order chi connectivity index (χ1) is 13.5. The SMILES string of the molecule is CCCCCCCCCCCCCCCC(=O)SCC(NC(C)=O)C(=O)OC. The topological polar surface area (TPSA) is 72.5 Å². The van der Waals surface area contributed by atoms with Crippen molar-refractivity contribution in [2.24, 2.45) is 0 Å². The number of carbonyl (C=O) groups is 3. The highest BCUT2D eigenvalue weighted by Crippen LogP contribution is 2.15. The normalized spacial score (nSPS) is 11.8. The molecular formula is C22H41NO4S. The summed E-state index contributed by atoms with van der Waals surface area (Å²) in [4.78, 5) is 34.6. The van der Waals surface area contributed by atoms with Crippen LogP contribution in [-0.4, -0.2) is 35.9 Å². The lowest BCUT2D eigenvalue weighted by atomic mass is 10.0. The third-order valence-electron chi connectivity index (χ3n) is 4.76. The Morgan fingerprint density at radius 1 is 0.821 bits per heavy atom. The summed E-state index contributed by atoms with van der Waals surface area (Å²) in [6.07, 6.45) is 17.2. The Labute approximate surface area is 176 Å². The largest absolute Gasteiger partial charge is 0.467 e. The number of esters is 1. The minimum atomic E-state index is -0.761. The van der Waals surface area contributed by atoms with E-state index in [1.165, 1.54) is 84.7 Å². The Hall–Kier alpha value is -1.04. The van der Waals surface area contributed by atoms with Gasteiger partial charge in [-0.1, -0.05) is 95.7 Å². The van der Waals surface area contributed by atoms with Crippen molar-refractivity contribution in [3.8, 4) is 0 Å². The third-order valence-corrected chi connectivity index (χ3v) is 5.78. The third kappa shape index (κ3) is 17.1. The van der Waals surface area contributed by atoms with Crippen LogP contribution in [0.3, 0.4) is 0 Å². The molecule has 0 fully saturated rings. The van der Waals surface area contributed by atoms with E-state index in [-0.39, 0.29) is 16.8 Å². The van der Waals surface area contributed by atoms with Crippen LogP contribution in [0.25, 0.3) is 0 Å². The Kier molecular flexibility index (Phi) is 18.6. The van der Waals surface area contributed by atoms with Crippen LogP contribution >= 0.6 is 11.8 Å². The molecule has 1 N–H and O–H groups in total. The van der Waals surface area contributed by atoms with Crippen molar-refractivity contribution >= 4 is 28.8 Å². The molecule has 0 saturated heterocycles. The van der Waals surface area contributed by atoms with Gasteiger partial charge < -0.3 is 10.1 Å². The first-order valence-corrected chi connectivity index (χ1v) is 12.0. The van der Waals surface area contributed by atoms with Gasteiger partial charge in [-0.05, 0) is 6.42 Å². The van der Waals surface area contributed by atoms with Crippen LogP contribution in [0.2, 0.25) is 0 Å². The van der Waals surface area contributed by atoms with E-state index in [0.717, 1.165) is 24.6 Å². The molecule has 0 radical (unpaired) electrons. The lowest BCUT2D eigenvalue weighted by Crippen LogP contribution is -2.42. The van der Waals surface area contributed by atoms with Crippen LogP contribution in [0, 0.1) is 0 Å². The fourth-order valence-corrected chi connectivity index (χ4v) is 3.95. The summed E-state index contributed by atoms with van der Waals surface area (Å²) in [5, 5.41) is 2.59. The average Bonchev–Trinajstić information content (AvgIpc) is 2.67. The molecule has 0 aliphatic heterocycles. The summed E-state index contributed by atoms with van der Waals surface area (Å²) in [6.45, 7) is 3.60. The fraction of sp³-hybridized carbons (Fsp3) is 0.864. The highest BCUT2D eigenvalue weighted by molar-refractivity contribution is 8.13. The predicted molar refractivity (Wildman–Crippen MR) is 117 cm³/mol. The van der Waals surface area contributed by atoms with Gasteiger partial charge in [0, 0.05) is 19.1 Å². The van der Waals surface area contributed by atoms with Crippen LogP contribution in [0.4, 0.5) is 0 Å². The van der Waals surface area contributed by atoms with Gasteiger partial charge in [-0.3, -0.25) is 9.59 Å². The van der Waals surface area contributed by atoms with Crippen molar-refractivity contribution in [3.05, 3.63) is 0 Å². The molecule has 0 aromatic carbocycles. The van der Waals surface area contributed by atoms with Crippen molar-refractivity contribution in [2.45, 2.75) is 110 Å². The van der Waals surface area contributed by atoms with Gasteiger partial charge in [0.25, 0.3) is 0 Å². The maximum atomic E-state index is 11.9. The van der Waals surface area contributed by atoms with E-state index >= 15 is 0 Å². The number of carbonyl (C=O) groups excluding carboxylic acids is 3. The minimum Gasteiger partial charge on any atom is -0.467 e. The molecule has 1 amide bonds. The lowest BCUT2D eigenvalue weighted by molar-refractivity contribution is -0.144. The van der Waals surface area contributed by atoms with Crippen molar-refractivity contribution in [2.75, 3.05) is 12.9 Å². The molecule has 0 bridgehead atoms. The zero-order valence-corrected chi connectivity index (χ0v) is 19.0. The molecule has 1 atom stereocenters. The molecule has 28 heavy (non-hydrogen) atoms. The predicted octanol–water partition coefficient (Wildman–Crippen LogP) is 5.41. The van der Waals surface area contributed by atoms with E-state index in [4.69, 9.17) is 0 Å². The number of hydrogen-bond acceptors (Lipinski definition) is 5. The molecule has 0 aliphatic carbocycles. The fourth-order valence-electron chi connectivity index (χ4n) is 3.09. The van der Waals surface area contributed by atoms with Crippen molar-refractivity contribution in [1.82, 2.24) is 5.32 Å². The van der Waals surface area contributed by atoms with Crippen molar-refractivity contribution in [1.29, 1.82) is 0 Å². The summed E-state index contributed by atoms with van der Waals surface area (Å²) in [6, 6.07) is -0.761. The van der Waals surface area contributed by atoms with E-state index in [9.17, 15) is 14.4 Å². The van der Waals surface area contributed by atoms with Crippen LogP contribution in [-0.2, 0) is 19.1 Å². The van der Waals surface area contributed by atoms with E-state index in [1.54, 1.807) is 0 Å². The molecule has 5 nitrogen and oxygen atoms in total. The monoisotopic (exact) mass is 415 g/mol. The van der Waals surface area contributed by atoms with E-state index in [2.05, 4.69) is 17.0 Å². The molecule has 0 aromatic rings. The van der Waals surface area contributed by atoms with Gasteiger partial charge >= 0.3 is 5.97 Å².